The molecule has 0 saturated carbocycles. The minimum atomic E-state index is -0.490. The predicted octanol–water partition coefficient (Wildman–Crippen LogP) is 3.23. The summed E-state index contributed by atoms with van der Waals surface area (Å²) >= 11 is 5.64. The molecule has 3 nitrogen and oxygen atoms in total. The number of hydrogen-bond donors (Lipinski definition) is 1. The van der Waals surface area contributed by atoms with Crippen molar-refractivity contribution in [1.82, 2.24) is 0 Å². The highest BCUT2D eigenvalue weighted by atomic mass is 35.5. The molecule has 1 saturated heterocycles. The molecule has 1 heterocycles. The van der Waals surface area contributed by atoms with Gasteiger partial charge in [0.15, 0.2) is 0 Å². The number of benzene rings is 1. The van der Waals surface area contributed by atoms with Crippen LogP contribution >= 0.6 is 11.6 Å². The lowest BCUT2D eigenvalue weighted by Crippen LogP contribution is -2.23. The first-order chi connectivity index (χ1) is 8.65. The smallest absolute Gasteiger partial charge is 0.224 e. The third-order valence-electron chi connectivity index (χ3n) is 2.93. The number of anilines is 1. The van der Waals surface area contributed by atoms with Gasteiger partial charge in [0.1, 0.15) is 5.82 Å². The summed E-state index contributed by atoms with van der Waals surface area (Å²) in [6, 6.07) is 4.14. The zero-order valence-corrected chi connectivity index (χ0v) is 10.7. The Kier molecular flexibility index (Phi) is 4.55. The molecule has 2 rings (SSSR count). The van der Waals surface area contributed by atoms with E-state index in [0.29, 0.717) is 18.7 Å². The zero-order chi connectivity index (χ0) is 13.0. The SMILES string of the molecule is O=C(CC1CCCOC1)Nc1ccc(F)c(Cl)c1. The van der Waals surface area contributed by atoms with E-state index in [0.717, 1.165) is 19.4 Å². The van der Waals surface area contributed by atoms with Crippen LogP contribution in [0.2, 0.25) is 5.02 Å². The lowest BCUT2D eigenvalue weighted by molar-refractivity contribution is -0.118. The van der Waals surface area contributed by atoms with Gasteiger partial charge in [0, 0.05) is 25.3 Å². The average Bonchev–Trinajstić information content (AvgIpc) is 2.35. The second-order valence-electron chi connectivity index (χ2n) is 4.46. The Balaban J connectivity index is 1.88. The van der Waals surface area contributed by atoms with Crippen molar-refractivity contribution in [3.63, 3.8) is 0 Å². The van der Waals surface area contributed by atoms with Gasteiger partial charge in [-0.1, -0.05) is 11.6 Å². The standard InChI is InChI=1S/C13H15ClFNO2/c14-11-7-10(3-4-12(11)15)16-13(17)6-9-2-1-5-18-8-9/h3-4,7,9H,1-2,5-6,8H2,(H,16,17). The van der Waals surface area contributed by atoms with E-state index < -0.39 is 5.82 Å². The third kappa shape index (κ3) is 3.68. The summed E-state index contributed by atoms with van der Waals surface area (Å²) < 4.78 is 18.3. The van der Waals surface area contributed by atoms with Gasteiger partial charge in [-0.3, -0.25) is 4.79 Å². The van der Waals surface area contributed by atoms with Crippen LogP contribution in [0.5, 0.6) is 0 Å². The van der Waals surface area contributed by atoms with Crippen LogP contribution in [0.15, 0.2) is 18.2 Å². The van der Waals surface area contributed by atoms with Gasteiger partial charge >= 0.3 is 0 Å². The molecule has 5 heteroatoms. The maximum Gasteiger partial charge on any atom is 0.224 e. The van der Waals surface area contributed by atoms with E-state index in [4.69, 9.17) is 16.3 Å². The van der Waals surface area contributed by atoms with E-state index in [1.54, 1.807) is 0 Å². The molecule has 98 valence electrons. The minimum Gasteiger partial charge on any atom is -0.381 e. The van der Waals surface area contributed by atoms with Crippen molar-refractivity contribution in [1.29, 1.82) is 0 Å². The Hall–Kier alpha value is -1.13. The second kappa shape index (κ2) is 6.16. The Labute approximate surface area is 110 Å². The molecule has 1 aromatic carbocycles. The van der Waals surface area contributed by atoms with Crippen molar-refractivity contribution >= 4 is 23.2 Å². The van der Waals surface area contributed by atoms with E-state index in [1.165, 1.54) is 18.2 Å². The van der Waals surface area contributed by atoms with E-state index in [1.807, 2.05) is 0 Å². The largest absolute Gasteiger partial charge is 0.381 e. The highest BCUT2D eigenvalue weighted by Crippen LogP contribution is 2.21. The lowest BCUT2D eigenvalue weighted by Gasteiger charge is -2.21. The topological polar surface area (TPSA) is 38.3 Å². The summed E-state index contributed by atoms with van der Waals surface area (Å²) in [7, 11) is 0. The number of carbonyl (C=O) groups excluding carboxylic acids is 1. The molecule has 1 atom stereocenters. The zero-order valence-electron chi connectivity index (χ0n) is 9.92. The maximum atomic E-state index is 12.9. The van der Waals surface area contributed by atoms with Crippen LogP contribution in [-0.4, -0.2) is 19.1 Å². The summed E-state index contributed by atoms with van der Waals surface area (Å²) in [6.07, 6.45) is 2.44. The number of hydrogen-bond acceptors (Lipinski definition) is 2. The summed E-state index contributed by atoms with van der Waals surface area (Å²) in [6.45, 7) is 1.42. The van der Waals surface area contributed by atoms with Crippen LogP contribution in [0.1, 0.15) is 19.3 Å². The molecular weight excluding hydrogens is 257 g/mol. The molecule has 1 aliphatic rings. The van der Waals surface area contributed by atoms with Gasteiger partial charge in [0.2, 0.25) is 5.91 Å². The van der Waals surface area contributed by atoms with Gasteiger partial charge in [0.25, 0.3) is 0 Å². The molecule has 1 unspecified atom stereocenters. The van der Waals surface area contributed by atoms with Crippen LogP contribution in [0.3, 0.4) is 0 Å². The van der Waals surface area contributed by atoms with Crippen molar-refractivity contribution in [3.8, 4) is 0 Å². The molecule has 0 radical (unpaired) electrons. The first-order valence-corrected chi connectivity index (χ1v) is 6.35. The third-order valence-corrected chi connectivity index (χ3v) is 3.22. The van der Waals surface area contributed by atoms with Crippen LogP contribution < -0.4 is 5.32 Å². The van der Waals surface area contributed by atoms with Gasteiger partial charge in [-0.05, 0) is 37.0 Å². The Morgan fingerprint density at radius 3 is 3.06 bits per heavy atom. The number of carbonyl (C=O) groups is 1. The van der Waals surface area contributed by atoms with Crippen LogP contribution in [0.25, 0.3) is 0 Å². The fraction of sp³-hybridized carbons (Fsp3) is 0.462. The fourth-order valence-corrected chi connectivity index (χ4v) is 2.20. The van der Waals surface area contributed by atoms with E-state index in [2.05, 4.69) is 5.32 Å². The summed E-state index contributed by atoms with van der Waals surface area (Å²) in [5.41, 5.74) is 0.517. The Bertz CT molecular complexity index is 433. The number of halogens is 2. The summed E-state index contributed by atoms with van der Waals surface area (Å²) in [4.78, 5) is 11.8. The summed E-state index contributed by atoms with van der Waals surface area (Å²) in [5, 5.41) is 2.72. The minimum absolute atomic E-state index is 0.00815. The molecule has 1 N–H and O–H groups in total. The second-order valence-corrected chi connectivity index (χ2v) is 4.87. The van der Waals surface area contributed by atoms with Crippen molar-refractivity contribution < 1.29 is 13.9 Å². The lowest BCUT2D eigenvalue weighted by atomic mass is 9.98. The molecular formula is C13H15ClFNO2. The van der Waals surface area contributed by atoms with Crippen molar-refractivity contribution in [2.24, 2.45) is 5.92 Å². The van der Waals surface area contributed by atoms with E-state index >= 15 is 0 Å². The molecule has 0 spiro atoms. The first-order valence-electron chi connectivity index (χ1n) is 5.98. The maximum absolute atomic E-state index is 12.9. The molecule has 0 bridgehead atoms. The number of rotatable bonds is 3. The van der Waals surface area contributed by atoms with Gasteiger partial charge in [0.05, 0.1) is 5.02 Å². The number of ether oxygens (including phenoxy) is 1. The molecule has 0 aromatic heterocycles. The molecule has 18 heavy (non-hydrogen) atoms. The fourth-order valence-electron chi connectivity index (χ4n) is 2.02. The molecule has 0 aliphatic carbocycles. The van der Waals surface area contributed by atoms with Gasteiger partial charge < -0.3 is 10.1 Å². The van der Waals surface area contributed by atoms with Crippen LogP contribution in [0.4, 0.5) is 10.1 Å². The first kappa shape index (κ1) is 13.3. The predicted molar refractivity (Wildman–Crippen MR) is 68.2 cm³/mol. The molecule has 1 fully saturated rings. The van der Waals surface area contributed by atoms with Crippen molar-refractivity contribution in [2.45, 2.75) is 19.3 Å². The van der Waals surface area contributed by atoms with Crippen LogP contribution in [-0.2, 0) is 9.53 Å². The van der Waals surface area contributed by atoms with Crippen molar-refractivity contribution in [2.75, 3.05) is 18.5 Å². The average molecular weight is 272 g/mol. The monoisotopic (exact) mass is 271 g/mol. The Morgan fingerprint density at radius 1 is 1.56 bits per heavy atom. The van der Waals surface area contributed by atoms with Gasteiger partial charge in [-0.2, -0.15) is 0 Å². The molecule has 1 aromatic rings. The van der Waals surface area contributed by atoms with Crippen molar-refractivity contribution in [3.05, 3.63) is 29.0 Å². The molecule has 1 amide bonds. The number of nitrogens with one attached hydrogen (secondary N) is 1. The number of amides is 1. The Morgan fingerprint density at radius 2 is 2.39 bits per heavy atom. The van der Waals surface area contributed by atoms with Gasteiger partial charge in [-0.25, -0.2) is 4.39 Å². The highest BCUT2D eigenvalue weighted by molar-refractivity contribution is 6.31. The molecule has 1 aliphatic heterocycles. The quantitative estimate of drug-likeness (QED) is 0.917. The van der Waals surface area contributed by atoms with Crippen LogP contribution in [0, 0.1) is 11.7 Å². The van der Waals surface area contributed by atoms with E-state index in [-0.39, 0.29) is 16.8 Å². The van der Waals surface area contributed by atoms with Gasteiger partial charge in [-0.15, -0.1) is 0 Å². The summed E-state index contributed by atoms with van der Waals surface area (Å²) in [5.74, 6) is -0.307. The highest BCUT2D eigenvalue weighted by Gasteiger charge is 2.17. The van der Waals surface area contributed by atoms with E-state index in [9.17, 15) is 9.18 Å². The normalized spacial score (nSPS) is 19.6.